The van der Waals surface area contributed by atoms with E-state index in [1.807, 2.05) is 0 Å². The number of rotatable bonds is 3. The maximum absolute atomic E-state index is 12.7. The van der Waals surface area contributed by atoms with Gasteiger partial charge in [0, 0.05) is 16.9 Å². The third-order valence-corrected chi connectivity index (χ3v) is 3.89. The van der Waals surface area contributed by atoms with Gasteiger partial charge in [-0.25, -0.2) is 4.79 Å². The van der Waals surface area contributed by atoms with E-state index in [-0.39, 0.29) is 11.9 Å². The van der Waals surface area contributed by atoms with Crippen molar-refractivity contribution in [2.75, 3.05) is 5.32 Å². The van der Waals surface area contributed by atoms with Crippen molar-refractivity contribution in [1.82, 2.24) is 15.6 Å². The Labute approximate surface area is 143 Å². The average Bonchev–Trinajstić information content (AvgIpc) is 2.55. The van der Waals surface area contributed by atoms with Crippen LogP contribution in [0, 0.1) is 0 Å². The van der Waals surface area contributed by atoms with Gasteiger partial charge in [0.15, 0.2) is 0 Å². The molecule has 24 heavy (non-hydrogen) atoms. The summed E-state index contributed by atoms with van der Waals surface area (Å²) in [6, 6.07) is 9.56. The molecule has 3 rings (SSSR count). The van der Waals surface area contributed by atoms with Crippen molar-refractivity contribution in [2.45, 2.75) is 13.0 Å². The molecule has 1 aliphatic rings. The first-order valence-corrected chi connectivity index (χ1v) is 7.67. The summed E-state index contributed by atoms with van der Waals surface area (Å²) >= 11 is 5.92. The highest BCUT2D eigenvalue weighted by Crippen LogP contribution is 2.28. The van der Waals surface area contributed by atoms with E-state index < -0.39 is 6.04 Å². The van der Waals surface area contributed by atoms with E-state index in [0.717, 1.165) is 5.56 Å². The summed E-state index contributed by atoms with van der Waals surface area (Å²) in [5.41, 5.74) is 2.28. The number of halogens is 1. The molecule has 1 aromatic heterocycles. The Morgan fingerprint density at radius 2 is 2.00 bits per heavy atom. The number of nitrogens with zero attached hydrogens (tertiary/aromatic N) is 1. The van der Waals surface area contributed by atoms with Gasteiger partial charge in [-0.2, -0.15) is 0 Å². The van der Waals surface area contributed by atoms with Gasteiger partial charge in [0.2, 0.25) is 0 Å². The summed E-state index contributed by atoms with van der Waals surface area (Å²) in [6.45, 7) is 1.69. The number of hydrogen-bond acceptors (Lipinski definition) is 3. The minimum atomic E-state index is -0.562. The third-order valence-electron chi connectivity index (χ3n) is 3.64. The highest BCUT2D eigenvalue weighted by molar-refractivity contribution is 6.30. The van der Waals surface area contributed by atoms with Crippen LogP contribution < -0.4 is 16.0 Å². The Morgan fingerprint density at radius 1 is 1.25 bits per heavy atom. The highest BCUT2D eigenvalue weighted by atomic mass is 35.5. The SMILES string of the molecule is CC1=C(C(=O)Nc2cccnc2)C(c2ccc(Cl)cc2)NC(=O)N1. The van der Waals surface area contributed by atoms with Crippen molar-refractivity contribution in [2.24, 2.45) is 0 Å². The smallest absolute Gasteiger partial charge is 0.319 e. The Hall–Kier alpha value is -2.86. The summed E-state index contributed by atoms with van der Waals surface area (Å²) in [5.74, 6) is -0.312. The number of pyridine rings is 1. The van der Waals surface area contributed by atoms with E-state index in [0.29, 0.717) is 22.0 Å². The first kappa shape index (κ1) is 16.0. The number of allylic oxidation sites excluding steroid dienone is 1. The number of carbonyl (C=O) groups excluding carboxylic acids is 2. The second-order valence-corrected chi connectivity index (χ2v) is 5.75. The van der Waals surface area contributed by atoms with Crippen molar-refractivity contribution in [1.29, 1.82) is 0 Å². The van der Waals surface area contributed by atoms with Crippen LogP contribution in [-0.4, -0.2) is 16.9 Å². The van der Waals surface area contributed by atoms with E-state index in [1.165, 1.54) is 0 Å². The van der Waals surface area contributed by atoms with Gasteiger partial charge in [-0.3, -0.25) is 9.78 Å². The van der Waals surface area contributed by atoms with Crippen LogP contribution in [0.2, 0.25) is 5.02 Å². The molecular formula is C17H15ClN4O2. The number of amides is 3. The molecule has 0 radical (unpaired) electrons. The molecular weight excluding hydrogens is 328 g/mol. The minimum Gasteiger partial charge on any atom is -0.327 e. The van der Waals surface area contributed by atoms with Crippen LogP contribution in [-0.2, 0) is 4.79 Å². The lowest BCUT2D eigenvalue weighted by atomic mass is 9.95. The first-order valence-electron chi connectivity index (χ1n) is 7.30. The van der Waals surface area contributed by atoms with Crippen LogP contribution in [0.5, 0.6) is 0 Å². The predicted molar refractivity (Wildman–Crippen MR) is 91.4 cm³/mol. The Kier molecular flexibility index (Phi) is 4.48. The molecule has 3 N–H and O–H groups in total. The van der Waals surface area contributed by atoms with Crippen molar-refractivity contribution in [3.63, 3.8) is 0 Å². The quantitative estimate of drug-likeness (QED) is 0.801. The second-order valence-electron chi connectivity index (χ2n) is 5.32. The molecule has 1 atom stereocenters. The number of urea groups is 1. The maximum atomic E-state index is 12.7. The van der Waals surface area contributed by atoms with Crippen molar-refractivity contribution in [3.05, 3.63) is 70.6 Å². The zero-order valence-electron chi connectivity index (χ0n) is 12.8. The lowest BCUT2D eigenvalue weighted by molar-refractivity contribution is -0.113. The lowest BCUT2D eigenvalue weighted by Gasteiger charge is -2.28. The molecule has 0 spiro atoms. The molecule has 0 fully saturated rings. The normalized spacial score (nSPS) is 17.1. The van der Waals surface area contributed by atoms with Crippen LogP contribution in [0.4, 0.5) is 10.5 Å². The van der Waals surface area contributed by atoms with Gasteiger partial charge in [-0.05, 0) is 36.8 Å². The second kappa shape index (κ2) is 6.72. The lowest BCUT2D eigenvalue weighted by Crippen LogP contribution is -2.45. The Balaban J connectivity index is 1.94. The molecule has 1 unspecified atom stereocenters. The van der Waals surface area contributed by atoms with Crippen molar-refractivity contribution in [3.8, 4) is 0 Å². The number of carbonyl (C=O) groups is 2. The largest absolute Gasteiger partial charge is 0.327 e. The maximum Gasteiger partial charge on any atom is 0.319 e. The molecule has 7 heteroatoms. The summed E-state index contributed by atoms with van der Waals surface area (Å²) < 4.78 is 0. The number of nitrogens with one attached hydrogen (secondary N) is 3. The molecule has 6 nitrogen and oxygen atoms in total. The fraction of sp³-hybridized carbons (Fsp3) is 0.118. The van der Waals surface area contributed by atoms with E-state index in [9.17, 15) is 9.59 Å². The van der Waals surface area contributed by atoms with E-state index in [2.05, 4.69) is 20.9 Å². The van der Waals surface area contributed by atoms with E-state index in [1.54, 1.807) is 55.7 Å². The molecule has 2 heterocycles. The molecule has 0 saturated heterocycles. The fourth-order valence-electron chi connectivity index (χ4n) is 2.54. The molecule has 1 aromatic carbocycles. The summed E-state index contributed by atoms with van der Waals surface area (Å²) in [7, 11) is 0. The summed E-state index contributed by atoms with van der Waals surface area (Å²) in [5, 5.41) is 8.78. The summed E-state index contributed by atoms with van der Waals surface area (Å²) in [6.07, 6.45) is 3.18. The first-order chi connectivity index (χ1) is 11.5. The predicted octanol–water partition coefficient (Wildman–Crippen LogP) is 3.00. The van der Waals surface area contributed by atoms with Crippen LogP contribution in [0.25, 0.3) is 0 Å². The van der Waals surface area contributed by atoms with Gasteiger partial charge in [0.25, 0.3) is 5.91 Å². The molecule has 0 aliphatic carbocycles. The standard InChI is InChI=1S/C17H15ClN4O2/c1-10-14(16(23)21-13-3-2-8-19-9-13)15(22-17(24)20-10)11-4-6-12(18)7-5-11/h2-9,15H,1H3,(H,21,23)(H2,20,22,24). The molecule has 1 aliphatic heterocycles. The van der Waals surface area contributed by atoms with Crippen LogP contribution in [0.3, 0.4) is 0 Å². The Morgan fingerprint density at radius 3 is 2.67 bits per heavy atom. The number of hydrogen-bond donors (Lipinski definition) is 3. The van der Waals surface area contributed by atoms with Gasteiger partial charge in [0.05, 0.1) is 23.5 Å². The molecule has 0 saturated carbocycles. The van der Waals surface area contributed by atoms with Crippen LogP contribution in [0.15, 0.2) is 60.1 Å². The number of aromatic nitrogens is 1. The van der Waals surface area contributed by atoms with Crippen molar-refractivity contribution >= 4 is 29.2 Å². The highest BCUT2D eigenvalue weighted by Gasteiger charge is 2.31. The Bertz CT molecular complexity index is 803. The van der Waals surface area contributed by atoms with Gasteiger partial charge in [0.1, 0.15) is 0 Å². The molecule has 2 aromatic rings. The topological polar surface area (TPSA) is 83.1 Å². The number of anilines is 1. The summed E-state index contributed by atoms with van der Waals surface area (Å²) in [4.78, 5) is 28.5. The third kappa shape index (κ3) is 3.38. The van der Waals surface area contributed by atoms with Gasteiger partial charge < -0.3 is 16.0 Å². The van der Waals surface area contributed by atoms with Crippen LogP contribution in [0.1, 0.15) is 18.5 Å². The van der Waals surface area contributed by atoms with Crippen molar-refractivity contribution < 1.29 is 9.59 Å². The zero-order valence-corrected chi connectivity index (χ0v) is 13.6. The fourth-order valence-corrected chi connectivity index (χ4v) is 2.66. The van der Waals surface area contributed by atoms with Gasteiger partial charge in [-0.1, -0.05) is 23.7 Å². The number of benzene rings is 1. The van der Waals surface area contributed by atoms with Gasteiger partial charge in [-0.15, -0.1) is 0 Å². The van der Waals surface area contributed by atoms with E-state index >= 15 is 0 Å². The molecule has 0 bridgehead atoms. The van der Waals surface area contributed by atoms with Gasteiger partial charge >= 0.3 is 6.03 Å². The monoisotopic (exact) mass is 342 g/mol. The zero-order chi connectivity index (χ0) is 17.1. The minimum absolute atomic E-state index is 0.312. The molecule has 3 amide bonds. The molecule has 122 valence electrons. The van der Waals surface area contributed by atoms with Crippen LogP contribution >= 0.6 is 11.6 Å². The van der Waals surface area contributed by atoms with E-state index in [4.69, 9.17) is 11.6 Å². The average molecular weight is 343 g/mol.